The topological polar surface area (TPSA) is 115 Å². The lowest BCUT2D eigenvalue weighted by molar-refractivity contribution is -0.384. The maximum Gasteiger partial charge on any atom is 0.387 e. The van der Waals surface area contributed by atoms with Crippen molar-refractivity contribution >= 4 is 34.6 Å². The van der Waals surface area contributed by atoms with Crippen molar-refractivity contribution in [1.29, 1.82) is 0 Å². The third-order valence-corrected chi connectivity index (χ3v) is 6.39. The zero-order chi connectivity index (χ0) is 26.6. The van der Waals surface area contributed by atoms with E-state index in [-0.39, 0.29) is 17.3 Å². The van der Waals surface area contributed by atoms with E-state index in [1.807, 2.05) is 12.1 Å². The Balaban J connectivity index is 1.56. The normalized spacial score (nSPS) is 15.8. The maximum absolute atomic E-state index is 13.2. The summed E-state index contributed by atoms with van der Waals surface area (Å²) in [6.45, 7) is -1.15. The van der Waals surface area contributed by atoms with E-state index in [9.17, 15) is 23.7 Å². The number of amides is 1. The molecular formula is C26H18F2N6O4. The van der Waals surface area contributed by atoms with Gasteiger partial charge in [0.2, 0.25) is 5.84 Å². The van der Waals surface area contributed by atoms with E-state index in [1.54, 1.807) is 48.2 Å². The number of rotatable bonds is 5. The summed E-state index contributed by atoms with van der Waals surface area (Å²) < 4.78 is 31.6. The van der Waals surface area contributed by atoms with Gasteiger partial charge in [-0.05, 0) is 48.9 Å². The summed E-state index contributed by atoms with van der Waals surface area (Å²) in [4.78, 5) is 30.4. The number of alkyl halides is 2. The van der Waals surface area contributed by atoms with Crippen LogP contribution in [0.1, 0.15) is 22.9 Å². The highest BCUT2D eigenvalue weighted by atomic mass is 19.3. The SMILES string of the molecule is Cc1nn(-c2ccc([N+](=O)[O-])cc2)c2c1[C@H](c1ccc(OC(F)F)cc1)N1C(=N2)C(=O)Nc2ccccc21. The lowest BCUT2D eigenvalue weighted by atomic mass is 9.93. The van der Waals surface area contributed by atoms with Gasteiger partial charge < -0.3 is 15.0 Å². The molecule has 10 nitrogen and oxygen atoms in total. The number of amidine groups is 1. The first kappa shape index (κ1) is 23.3. The average Bonchev–Trinajstić information content (AvgIpc) is 3.24. The number of anilines is 2. The van der Waals surface area contributed by atoms with Gasteiger partial charge in [-0.3, -0.25) is 14.9 Å². The molecule has 0 radical (unpaired) electrons. The molecule has 0 spiro atoms. The van der Waals surface area contributed by atoms with E-state index in [0.29, 0.717) is 39.7 Å². The number of aliphatic imine (C=N–C) groups is 1. The van der Waals surface area contributed by atoms with E-state index in [4.69, 9.17) is 4.99 Å². The van der Waals surface area contributed by atoms with Crippen LogP contribution in [0.4, 0.5) is 31.7 Å². The van der Waals surface area contributed by atoms with Crippen LogP contribution in [0.25, 0.3) is 5.69 Å². The molecule has 12 heteroatoms. The molecule has 0 fully saturated rings. The number of carbonyl (C=O) groups is 1. The average molecular weight is 516 g/mol. The summed E-state index contributed by atoms with van der Waals surface area (Å²) in [6, 6.07) is 18.7. The van der Waals surface area contributed by atoms with Gasteiger partial charge in [0, 0.05) is 17.7 Å². The molecule has 0 saturated heterocycles. The Hall–Kier alpha value is -5.13. The lowest BCUT2D eigenvalue weighted by Gasteiger charge is -2.40. The second kappa shape index (κ2) is 8.76. The number of aryl methyl sites for hydroxylation is 1. The minimum atomic E-state index is -2.96. The standard InChI is InChI=1S/C26H18F2N6O4/c1-14-21-22(15-6-12-18(13-7-15)38-26(27)28)32-20-5-3-2-4-19(20)29-25(35)24(32)30-23(21)33(31-14)16-8-10-17(11-9-16)34(36)37/h2-13,22,26H,1H3,(H,29,35)/t22-/m0/s1. The fraction of sp³-hybridized carbons (Fsp3) is 0.115. The number of hydrogen-bond acceptors (Lipinski definition) is 7. The molecule has 4 aromatic rings. The smallest absolute Gasteiger partial charge is 0.387 e. The van der Waals surface area contributed by atoms with E-state index < -0.39 is 23.5 Å². The van der Waals surface area contributed by atoms with Gasteiger partial charge in [0.05, 0.1) is 33.7 Å². The van der Waals surface area contributed by atoms with Gasteiger partial charge in [-0.2, -0.15) is 13.9 Å². The molecule has 1 atom stereocenters. The Labute approximate surface area is 213 Å². The minimum Gasteiger partial charge on any atom is -0.435 e. The summed E-state index contributed by atoms with van der Waals surface area (Å²) >= 11 is 0. The Bertz CT molecular complexity index is 1620. The first-order valence-electron chi connectivity index (χ1n) is 11.5. The highest BCUT2D eigenvalue weighted by Gasteiger charge is 2.42. The van der Waals surface area contributed by atoms with Crippen LogP contribution < -0.4 is 15.0 Å². The van der Waals surface area contributed by atoms with Gasteiger partial charge in [0.1, 0.15) is 5.75 Å². The van der Waals surface area contributed by atoms with Crippen molar-refractivity contribution in [3.8, 4) is 11.4 Å². The van der Waals surface area contributed by atoms with Gasteiger partial charge >= 0.3 is 6.61 Å². The third kappa shape index (κ3) is 3.74. The second-order valence-electron chi connectivity index (χ2n) is 8.63. The molecular weight excluding hydrogens is 498 g/mol. The van der Waals surface area contributed by atoms with Crippen molar-refractivity contribution in [2.24, 2.45) is 4.99 Å². The quantitative estimate of drug-likeness (QED) is 0.285. The highest BCUT2D eigenvalue weighted by Crippen LogP contribution is 2.47. The summed E-state index contributed by atoms with van der Waals surface area (Å²) in [5.74, 6) is 0.0853. The number of non-ortho nitro benzene ring substituents is 1. The molecule has 0 unspecified atom stereocenters. The molecule has 1 aromatic heterocycles. The van der Waals surface area contributed by atoms with Crippen LogP contribution in [0.15, 0.2) is 77.8 Å². The molecule has 0 aliphatic carbocycles. The van der Waals surface area contributed by atoms with Crippen molar-refractivity contribution < 1.29 is 23.2 Å². The molecule has 0 saturated carbocycles. The van der Waals surface area contributed by atoms with Crippen LogP contribution in [0.3, 0.4) is 0 Å². The molecule has 2 aliphatic heterocycles. The minimum absolute atomic E-state index is 0.00348. The van der Waals surface area contributed by atoms with Crippen LogP contribution in [0.2, 0.25) is 0 Å². The van der Waals surface area contributed by atoms with Gasteiger partial charge in [-0.15, -0.1) is 0 Å². The Morgan fingerprint density at radius 3 is 2.45 bits per heavy atom. The van der Waals surface area contributed by atoms with Gasteiger partial charge in [0.15, 0.2) is 5.82 Å². The Morgan fingerprint density at radius 1 is 1.05 bits per heavy atom. The number of carbonyl (C=O) groups excluding carboxylic acids is 1. The summed E-state index contributed by atoms with van der Waals surface area (Å²) in [5.41, 5.74) is 3.75. The second-order valence-corrected chi connectivity index (χ2v) is 8.63. The molecule has 1 N–H and O–H groups in total. The lowest BCUT2D eigenvalue weighted by Crippen LogP contribution is -2.48. The van der Waals surface area contributed by atoms with E-state index in [2.05, 4.69) is 15.2 Å². The van der Waals surface area contributed by atoms with Gasteiger partial charge in [-0.25, -0.2) is 9.67 Å². The fourth-order valence-electron chi connectivity index (χ4n) is 4.78. The summed E-state index contributed by atoms with van der Waals surface area (Å²) in [7, 11) is 0. The number of nitrogens with zero attached hydrogens (tertiary/aromatic N) is 5. The molecule has 2 aliphatic rings. The summed E-state index contributed by atoms with van der Waals surface area (Å²) in [6.07, 6.45) is 0. The van der Waals surface area contributed by atoms with Crippen LogP contribution in [-0.2, 0) is 4.79 Å². The first-order valence-corrected chi connectivity index (χ1v) is 11.5. The summed E-state index contributed by atoms with van der Waals surface area (Å²) in [5, 5.41) is 18.6. The fourth-order valence-corrected chi connectivity index (χ4v) is 4.78. The highest BCUT2D eigenvalue weighted by molar-refractivity contribution is 6.50. The van der Waals surface area contributed by atoms with Gasteiger partial charge in [-0.1, -0.05) is 24.3 Å². The monoisotopic (exact) mass is 516 g/mol. The Morgan fingerprint density at radius 2 is 1.76 bits per heavy atom. The first-order chi connectivity index (χ1) is 18.3. The van der Waals surface area contributed by atoms with Gasteiger partial charge in [0.25, 0.3) is 11.6 Å². The van der Waals surface area contributed by atoms with Crippen LogP contribution in [0.5, 0.6) is 5.75 Å². The van der Waals surface area contributed by atoms with Crippen molar-refractivity contribution in [2.45, 2.75) is 19.6 Å². The predicted molar refractivity (Wildman–Crippen MR) is 135 cm³/mol. The number of ether oxygens (including phenoxy) is 1. The van der Waals surface area contributed by atoms with E-state index in [1.165, 1.54) is 28.9 Å². The predicted octanol–water partition coefficient (Wildman–Crippen LogP) is 5.28. The van der Waals surface area contributed by atoms with E-state index >= 15 is 0 Å². The van der Waals surface area contributed by atoms with Crippen LogP contribution in [0, 0.1) is 17.0 Å². The van der Waals surface area contributed by atoms with E-state index in [0.717, 1.165) is 0 Å². The third-order valence-electron chi connectivity index (χ3n) is 6.39. The van der Waals surface area contributed by atoms with Crippen LogP contribution >= 0.6 is 0 Å². The molecule has 3 heterocycles. The number of para-hydroxylation sites is 2. The molecule has 3 aromatic carbocycles. The molecule has 1 amide bonds. The molecule has 6 rings (SSSR count). The number of hydrogen-bond donors (Lipinski definition) is 1. The maximum atomic E-state index is 13.2. The van der Waals surface area contributed by atoms with Crippen molar-refractivity contribution in [2.75, 3.05) is 10.2 Å². The number of nitro groups is 1. The number of benzene rings is 3. The van der Waals surface area contributed by atoms with Crippen molar-refractivity contribution in [3.05, 3.63) is 99.7 Å². The van der Waals surface area contributed by atoms with Crippen molar-refractivity contribution in [3.63, 3.8) is 0 Å². The number of halogens is 2. The molecule has 0 bridgehead atoms. The molecule has 38 heavy (non-hydrogen) atoms. The zero-order valence-electron chi connectivity index (χ0n) is 19.7. The number of fused-ring (bicyclic) bond motifs is 4. The number of nitro benzene ring substituents is 1. The van der Waals surface area contributed by atoms with Crippen molar-refractivity contribution in [1.82, 2.24) is 9.78 Å². The Kier molecular flexibility index (Phi) is 5.37. The number of aromatic nitrogens is 2. The zero-order valence-corrected chi connectivity index (χ0v) is 19.7. The largest absolute Gasteiger partial charge is 0.435 e. The number of nitrogens with one attached hydrogen (secondary N) is 1. The molecule has 190 valence electrons. The van der Waals surface area contributed by atoms with Crippen LogP contribution in [-0.4, -0.2) is 33.1 Å².